The van der Waals surface area contributed by atoms with Crippen LogP contribution in [0, 0.1) is 0 Å². The van der Waals surface area contributed by atoms with Crippen LogP contribution in [0.1, 0.15) is 35.7 Å². The molecule has 1 aliphatic rings. The molecule has 0 fully saturated rings. The lowest BCUT2D eigenvalue weighted by Crippen LogP contribution is -2.41. The van der Waals surface area contributed by atoms with Gasteiger partial charge in [0.05, 0.1) is 17.6 Å². The number of fused-ring (bicyclic) bond motifs is 4. The minimum Gasteiger partial charge on any atom is -0.357 e. The molecule has 8 heteroatoms. The van der Waals surface area contributed by atoms with Crippen LogP contribution in [0.25, 0.3) is 21.9 Å². The molecular weight excluding hydrogens is 462 g/mol. The number of aromatic nitrogens is 3. The molecule has 6 rings (SSSR count). The second-order valence-electron chi connectivity index (χ2n) is 9.07. The number of para-hydroxylation sites is 1. The summed E-state index contributed by atoms with van der Waals surface area (Å²) in [5.74, 6) is -0.0910. The van der Waals surface area contributed by atoms with Gasteiger partial charge in [0.15, 0.2) is 0 Å². The topological polar surface area (TPSA) is 96.8 Å². The molecule has 35 heavy (non-hydrogen) atoms. The number of benzene rings is 3. The molecule has 7 nitrogen and oxygen atoms in total. The Kier molecular flexibility index (Phi) is 5.24. The van der Waals surface area contributed by atoms with Crippen LogP contribution >= 0.6 is 11.6 Å². The van der Waals surface area contributed by atoms with Crippen molar-refractivity contribution in [3.63, 3.8) is 0 Å². The Balaban J connectivity index is 1.32. The molecule has 3 heterocycles. The molecular formula is C27H24ClN5O2. The summed E-state index contributed by atoms with van der Waals surface area (Å²) >= 11 is 6.65. The quantitative estimate of drug-likeness (QED) is 0.284. The number of aromatic amines is 3. The van der Waals surface area contributed by atoms with Gasteiger partial charge in [0.2, 0.25) is 5.91 Å². The number of anilines is 1. The van der Waals surface area contributed by atoms with Crippen LogP contribution in [0.2, 0.25) is 5.02 Å². The van der Waals surface area contributed by atoms with Gasteiger partial charge in [-0.1, -0.05) is 48.0 Å². The molecule has 0 bridgehead atoms. The standard InChI is InChI=1S/C27H24ClN5O2/c1-15-26-25(18-7-3-5-9-21(18)30-26)19(17-6-2-4-8-20(17)28)13-33(15)14-24(34)29-16-10-11-22-23(12-16)32-27(35)31-22/h2-12,15,19,30H,13-14H2,1H3,(H,29,34)(H2,31,32,35). The number of H-pyrrole nitrogens is 3. The van der Waals surface area contributed by atoms with E-state index in [9.17, 15) is 9.59 Å². The van der Waals surface area contributed by atoms with Gasteiger partial charge in [-0.3, -0.25) is 9.69 Å². The zero-order chi connectivity index (χ0) is 24.1. The lowest BCUT2D eigenvalue weighted by molar-refractivity contribution is -0.118. The van der Waals surface area contributed by atoms with Crippen LogP contribution in [0.5, 0.6) is 0 Å². The monoisotopic (exact) mass is 485 g/mol. The van der Waals surface area contributed by atoms with Crippen LogP contribution in [-0.2, 0) is 4.79 Å². The number of carbonyl (C=O) groups is 1. The summed E-state index contributed by atoms with van der Waals surface area (Å²) in [6.07, 6.45) is 0. The summed E-state index contributed by atoms with van der Waals surface area (Å²) in [6, 6.07) is 21.6. The molecule has 176 valence electrons. The normalized spacial score (nSPS) is 18.1. The third kappa shape index (κ3) is 3.83. The molecule has 0 saturated carbocycles. The van der Waals surface area contributed by atoms with Gasteiger partial charge in [0.25, 0.3) is 0 Å². The van der Waals surface area contributed by atoms with E-state index in [0.717, 1.165) is 21.8 Å². The van der Waals surface area contributed by atoms with E-state index in [2.05, 4.69) is 56.4 Å². The van der Waals surface area contributed by atoms with Crippen molar-refractivity contribution >= 4 is 45.1 Å². The lowest BCUT2D eigenvalue weighted by Gasteiger charge is -2.38. The van der Waals surface area contributed by atoms with Crippen molar-refractivity contribution in [1.29, 1.82) is 0 Å². The maximum absolute atomic E-state index is 13.1. The second-order valence-corrected chi connectivity index (χ2v) is 9.47. The summed E-state index contributed by atoms with van der Waals surface area (Å²) in [7, 11) is 0. The largest absolute Gasteiger partial charge is 0.357 e. The van der Waals surface area contributed by atoms with E-state index in [1.165, 1.54) is 10.9 Å². The first-order chi connectivity index (χ1) is 17.0. The molecule has 3 aromatic carbocycles. The van der Waals surface area contributed by atoms with Crippen LogP contribution in [0.4, 0.5) is 5.69 Å². The zero-order valence-corrected chi connectivity index (χ0v) is 19.8. The van der Waals surface area contributed by atoms with Crippen LogP contribution < -0.4 is 11.0 Å². The summed E-state index contributed by atoms with van der Waals surface area (Å²) in [5, 5.41) is 4.89. The van der Waals surface area contributed by atoms with E-state index in [1.807, 2.05) is 24.3 Å². The van der Waals surface area contributed by atoms with E-state index in [1.54, 1.807) is 18.2 Å². The maximum atomic E-state index is 13.1. The van der Waals surface area contributed by atoms with Crippen molar-refractivity contribution in [3.8, 4) is 0 Å². The second kappa shape index (κ2) is 8.45. The highest BCUT2D eigenvalue weighted by molar-refractivity contribution is 6.31. The molecule has 5 aromatic rings. The molecule has 2 atom stereocenters. The minimum atomic E-state index is -0.273. The molecule has 0 aliphatic carbocycles. The van der Waals surface area contributed by atoms with Crippen molar-refractivity contribution in [2.75, 3.05) is 18.4 Å². The summed E-state index contributed by atoms with van der Waals surface area (Å²) in [6.45, 7) is 3.01. The number of halogens is 1. The Bertz CT molecular complexity index is 1630. The van der Waals surface area contributed by atoms with Gasteiger partial charge >= 0.3 is 5.69 Å². The van der Waals surface area contributed by atoms with Gasteiger partial charge in [-0.05, 0) is 48.4 Å². The van der Waals surface area contributed by atoms with Crippen molar-refractivity contribution in [1.82, 2.24) is 19.9 Å². The average Bonchev–Trinajstić information content (AvgIpc) is 3.41. The highest BCUT2D eigenvalue weighted by atomic mass is 35.5. The molecule has 4 N–H and O–H groups in total. The van der Waals surface area contributed by atoms with Crippen molar-refractivity contribution < 1.29 is 4.79 Å². The summed E-state index contributed by atoms with van der Waals surface area (Å²) in [4.78, 5) is 35.9. The Hall–Kier alpha value is -3.81. The maximum Gasteiger partial charge on any atom is 0.323 e. The first-order valence-corrected chi connectivity index (χ1v) is 12.0. The van der Waals surface area contributed by atoms with E-state index in [0.29, 0.717) is 23.3 Å². The Morgan fingerprint density at radius 3 is 2.63 bits per heavy atom. The van der Waals surface area contributed by atoms with E-state index in [-0.39, 0.29) is 30.1 Å². The third-order valence-corrected chi connectivity index (χ3v) is 7.28. The number of nitrogens with one attached hydrogen (secondary N) is 4. The molecule has 0 saturated heterocycles. The average molecular weight is 486 g/mol. The third-order valence-electron chi connectivity index (χ3n) is 6.93. The van der Waals surface area contributed by atoms with Gasteiger partial charge in [-0.15, -0.1) is 0 Å². The number of rotatable bonds is 4. The first kappa shape index (κ1) is 21.7. The Labute approximate surface area is 206 Å². The lowest BCUT2D eigenvalue weighted by atomic mass is 9.83. The molecule has 2 aromatic heterocycles. The van der Waals surface area contributed by atoms with Crippen LogP contribution in [0.15, 0.2) is 71.5 Å². The fourth-order valence-electron chi connectivity index (χ4n) is 5.26. The number of hydrogen-bond acceptors (Lipinski definition) is 3. The van der Waals surface area contributed by atoms with Crippen molar-refractivity contribution in [2.45, 2.75) is 18.9 Å². The zero-order valence-electron chi connectivity index (χ0n) is 19.1. The number of amides is 1. The van der Waals surface area contributed by atoms with Crippen LogP contribution in [-0.4, -0.2) is 38.8 Å². The predicted octanol–water partition coefficient (Wildman–Crippen LogP) is 5.14. The number of nitrogens with zero attached hydrogens (tertiary/aromatic N) is 1. The molecule has 2 unspecified atom stereocenters. The minimum absolute atomic E-state index is 0.0189. The number of hydrogen-bond donors (Lipinski definition) is 4. The Morgan fingerprint density at radius 1 is 1.00 bits per heavy atom. The molecule has 0 radical (unpaired) electrons. The molecule has 1 aliphatic heterocycles. The fraction of sp³-hybridized carbons (Fsp3) is 0.185. The van der Waals surface area contributed by atoms with E-state index >= 15 is 0 Å². The number of carbonyl (C=O) groups excluding carboxylic acids is 1. The number of imidazole rings is 1. The Morgan fingerprint density at radius 2 is 1.77 bits per heavy atom. The van der Waals surface area contributed by atoms with Gasteiger partial charge in [0.1, 0.15) is 0 Å². The first-order valence-electron chi connectivity index (χ1n) is 11.6. The summed E-state index contributed by atoms with van der Waals surface area (Å²) in [5.41, 5.74) is 6.22. The SMILES string of the molecule is CC1c2[nH]c3ccccc3c2C(c2ccccc2Cl)CN1CC(=O)Nc1ccc2[nH]c(=O)[nH]c2c1. The van der Waals surface area contributed by atoms with Crippen molar-refractivity contribution in [2.24, 2.45) is 0 Å². The van der Waals surface area contributed by atoms with Crippen molar-refractivity contribution in [3.05, 3.63) is 99.1 Å². The predicted molar refractivity (Wildman–Crippen MR) is 139 cm³/mol. The summed E-state index contributed by atoms with van der Waals surface area (Å²) < 4.78 is 0. The fourth-order valence-corrected chi connectivity index (χ4v) is 5.53. The van der Waals surface area contributed by atoms with Gasteiger partial charge in [-0.2, -0.15) is 0 Å². The van der Waals surface area contributed by atoms with Gasteiger partial charge < -0.3 is 20.3 Å². The smallest absolute Gasteiger partial charge is 0.323 e. The molecule has 1 amide bonds. The van der Waals surface area contributed by atoms with Crippen LogP contribution in [0.3, 0.4) is 0 Å². The molecule has 0 spiro atoms. The van der Waals surface area contributed by atoms with E-state index < -0.39 is 0 Å². The highest BCUT2D eigenvalue weighted by Gasteiger charge is 2.36. The highest BCUT2D eigenvalue weighted by Crippen LogP contribution is 2.44. The van der Waals surface area contributed by atoms with Gasteiger partial charge in [-0.25, -0.2) is 4.79 Å². The van der Waals surface area contributed by atoms with Gasteiger partial charge in [0, 0.05) is 45.8 Å². The van der Waals surface area contributed by atoms with E-state index in [4.69, 9.17) is 11.6 Å².